The van der Waals surface area contributed by atoms with Crippen LogP contribution < -0.4 is 5.32 Å². The molecule has 19 heavy (non-hydrogen) atoms. The molecule has 2 fully saturated rings. The highest BCUT2D eigenvalue weighted by Gasteiger charge is 2.36. The SMILES string of the molecule is O=C(NC1CCN2CCCCC12)c1ccncc1F. The Bertz CT molecular complexity index is 480. The normalized spacial score (nSPS) is 27.0. The lowest BCUT2D eigenvalue weighted by Crippen LogP contribution is -2.46. The second-order valence-corrected chi connectivity index (χ2v) is 5.32. The van der Waals surface area contributed by atoms with Crippen LogP contribution in [0.15, 0.2) is 18.5 Å². The molecule has 2 unspecified atom stereocenters. The van der Waals surface area contributed by atoms with Crippen LogP contribution in [-0.4, -0.2) is 41.0 Å². The van der Waals surface area contributed by atoms with Crippen LogP contribution in [-0.2, 0) is 0 Å². The van der Waals surface area contributed by atoms with E-state index in [9.17, 15) is 9.18 Å². The van der Waals surface area contributed by atoms with Crippen molar-refractivity contribution in [2.24, 2.45) is 0 Å². The molecule has 3 heterocycles. The van der Waals surface area contributed by atoms with Gasteiger partial charge in [-0.1, -0.05) is 6.42 Å². The third kappa shape index (κ3) is 2.47. The van der Waals surface area contributed by atoms with Gasteiger partial charge in [-0.2, -0.15) is 0 Å². The van der Waals surface area contributed by atoms with Crippen molar-refractivity contribution in [1.82, 2.24) is 15.2 Å². The zero-order valence-corrected chi connectivity index (χ0v) is 10.8. The van der Waals surface area contributed by atoms with Crippen LogP contribution in [0.4, 0.5) is 4.39 Å². The maximum atomic E-state index is 13.5. The number of carbonyl (C=O) groups excluding carboxylic acids is 1. The average molecular weight is 263 g/mol. The Morgan fingerprint density at radius 2 is 2.26 bits per heavy atom. The maximum Gasteiger partial charge on any atom is 0.254 e. The largest absolute Gasteiger partial charge is 0.348 e. The first-order valence-corrected chi connectivity index (χ1v) is 6.90. The number of hydrogen-bond donors (Lipinski definition) is 1. The van der Waals surface area contributed by atoms with Crippen molar-refractivity contribution in [3.8, 4) is 0 Å². The topological polar surface area (TPSA) is 45.2 Å². The predicted molar refractivity (Wildman–Crippen MR) is 69.3 cm³/mol. The number of pyridine rings is 1. The number of fused-ring (bicyclic) bond motifs is 1. The Balaban J connectivity index is 1.68. The summed E-state index contributed by atoms with van der Waals surface area (Å²) in [6, 6.07) is 2.01. The minimum absolute atomic E-state index is 0.0873. The van der Waals surface area contributed by atoms with E-state index in [1.54, 1.807) is 0 Å². The van der Waals surface area contributed by atoms with Crippen LogP contribution in [0, 0.1) is 5.82 Å². The highest BCUT2D eigenvalue weighted by atomic mass is 19.1. The van der Waals surface area contributed by atoms with Crippen molar-refractivity contribution >= 4 is 5.91 Å². The molecule has 2 aliphatic heterocycles. The molecule has 3 rings (SSSR count). The zero-order chi connectivity index (χ0) is 13.2. The van der Waals surface area contributed by atoms with Gasteiger partial charge in [0.05, 0.1) is 11.8 Å². The molecule has 0 saturated carbocycles. The molecule has 1 amide bonds. The van der Waals surface area contributed by atoms with Gasteiger partial charge in [-0.3, -0.25) is 14.7 Å². The van der Waals surface area contributed by atoms with Gasteiger partial charge in [-0.15, -0.1) is 0 Å². The van der Waals surface area contributed by atoms with E-state index < -0.39 is 5.82 Å². The number of carbonyl (C=O) groups is 1. The first kappa shape index (κ1) is 12.5. The minimum Gasteiger partial charge on any atom is -0.348 e. The van der Waals surface area contributed by atoms with Gasteiger partial charge in [0.2, 0.25) is 0 Å². The van der Waals surface area contributed by atoms with Gasteiger partial charge in [-0.25, -0.2) is 4.39 Å². The highest BCUT2D eigenvalue weighted by Crippen LogP contribution is 2.27. The molecule has 2 aliphatic rings. The summed E-state index contributed by atoms with van der Waals surface area (Å²) in [4.78, 5) is 18.2. The van der Waals surface area contributed by atoms with E-state index in [1.807, 2.05) is 0 Å². The quantitative estimate of drug-likeness (QED) is 0.881. The lowest BCUT2D eigenvalue weighted by molar-refractivity contribution is 0.0911. The molecule has 1 aromatic heterocycles. The Labute approximate surface area is 112 Å². The summed E-state index contributed by atoms with van der Waals surface area (Å²) in [5.41, 5.74) is 0.0873. The Morgan fingerprint density at radius 1 is 1.37 bits per heavy atom. The monoisotopic (exact) mass is 263 g/mol. The molecule has 2 saturated heterocycles. The highest BCUT2D eigenvalue weighted by molar-refractivity contribution is 5.94. The van der Waals surface area contributed by atoms with Crippen molar-refractivity contribution in [1.29, 1.82) is 0 Å². The second-order valence-electron chi connectivity index (χ2n) is 5.32. The minimum atomic E-state index is -0.557. The van der Waals surface area contributed by atoms with Crippen molar-refractivity contribution in [2.45, 2.75) is 37.8 Å². The summed E-state index contributed by atoms with van der Waals surface area (Å²) in [6.45, 7) is 2.16. The van der Waals surface area contributed by atoms with E-state index in [4.69, 9.17) is 0 Å². The third-order valence-corrected chi connectivity index (χ3v) is 4.19. The van der Waals surface area contributed by atoms with Gasteiger partial charge in [0.1, 0.15) is 0 Å². The van der Waals surface area contributed by atoms with Crippen molar-refractivity contribution in [2.75, 3.05) is 13.1 Å². The lowest BCUT2D eigenvalue weighted by atomic mass is 9.99. The third-order valence-electron chi connectivity index (χ3n) is 4.19. The number of rotatable bonds is 2. The molecule has 0 aromatic carbocycles. The predicted octanol–water partition coefficient (Wildman–Crippen LogP) is 1.58. The van der Waals surface area contributed by atoms with E-state index >= 15 is 0 Å². The molecule has 1 aromatic rings. The average Bonchev–Trinajstić information content (AvgIpc) is 2.83. The summed E-state index contributed by atoms with van der Waals surface area (Å²) in [6.07, 6.45) is 7.08. The van der Waals surface area contributed by atoms with Gasteiger partial charge in [0.15, 0.2) is 5.82 Å². The maximum absolute atomic E-state index is 13.5. The summed E-state index contributed by atoms with van der Waals surface area (Å²) < 4.78 is 13.5. The van der Waals surface area contributed by atoms with E-state index in [2.05, 4.69) is 15.2 Å². The molecule has 5 heteroatoms. The molecule has 0 aliphatic carbocycles. The molecule has 0 radical (unpaired) electrons. The molecule has 0 bridgehead atoms. The molecule has 4 nitrogen and oxygen atoms in total. The molecular weight excluding hydrogens is 245 g/mol. The van der Waals surface area contributed by atoms with Crippen LogP contribution in [0.5, 0.6) is 0 Å². The van der Waals surface area contributed by atoms with Gasteiger partial charge < -0.3 is 5.32 Å². The Kier molecular flexibility index (Phi) is 3.46. The van der Waals surface area contributed by atoms with Crippen molar-refractivity contribution < 1.29 is 9.18 Å². The summed E-state index contributed by atoms with van der Waals surface area (Å²) in [5.74, 6) is -0.879. The number of halogens is 1. The van der Waals surface area contributed by atoms with Crippen molar-refractivity contribution in [3.05, 3.63) is 29.8 Å². The zero-order valence-electron chi connectivity index (χ0n) is 10.8. The van der Waals surface area contributed by atoms with Gasteiger partial charge >= 0.3 is 0 Å². The van der Waals surface area contributed by atoms with E-state index in [-0.39, 0.29) is 17.5 Å². The van der Waals surface area contributed by atoms with Gasteiger partial charge in [-0.05, 0) is 31.9 Å². The van der Waals surface area contributed by atoms with Crippen LogP contribution in [0.2, 0.25) is 0 Å². The number of nitrogens with one attached hydrogen (secondary N) is 1. The van der Waals surface area contributed by atoms with E-state index in [0.29, 0.717) is 6.04 Å². The summed E-state index contributed by atoms with van der Waals surface area (Å²) in [5, 5.41) is 2.99. The number of hydrogen-bond acceptors (Lipinski definition) is 3. The second kappa shape index (κ2) is 5.25. The standard InChI is InChI=1S/C14H18FN3O/c15-11-9-16-6-4-10(11)14(19)17-12-5-8-18-7-2-1-3-13(12)18/h4,6,9,12-13H,1-3,5,7-8H2,(H,17,19). The van der Waals surface area contributed by atoms with Gasteiger partial charge in [0, 0.05) is 24.8 Å². The molecular formula is C14H18FN3O. The number of aromatic nitrogens is 1. The fourth-order valence-electron chi connectivity index (χ4n) is 3.22. The number of amides is 1. The van der Waals surface area contributed by atoms with Crippen LogP contribution in [0.3, 0.4) is 0 Å². The number of nitrogens with zero attached hydrogens (tertiary/aromatic N) is 2. The van der Waals surface area contributed by atoms with Crippen LogP contribution in [0.1, 0.15) is 36.0 Å². The fourth-order valence-corrected chi connectivity index (χ4v) is 3.22. The molecule has 2 atom stereocenters. The smallest absolute Gasteiger partial charge is 0.254 e. The first-order chi connectivity index (χ1) is 9.25. The lowest BCUT2D eigenvalue weighted by Gasteiger charge is -2.32. The number of piperidine rings is 1. The van der Waals surface area contributed by atoms with Gasteiger partial charge in [0.25, 0.3) is 5.91 Å². The van der Waals surface area contributed by atoms with Crippen LogP contribution in [0.25, 0.3) is 0 Å². The Hall–Kier alpha value is -1.49. The van der Waals surface area contributed by atoms with E-state index in [0.717, 1.165) is 32.1 Å². The summed E-state index contributed by atoms with van der Waals surface area (Å²) in [7, 11) is 0. The molecule has 102 valence electrons. The molecule has 0 spiro atoms. The van der Waals surface area contributed by atoms with Crippen LogP contribution >= 0.6 is 0 Å². The van der Waals surface area contributed by atoms with E-state index in [1.165, 1.54) is 25.1 Å². The Morgan fingerprint density at radius 3 is 3.11 bits per heavy atom. The first-order valence-electron chi connectivity index (χ1n) is 6.90. The molecule has 1 N–H and O–H groups in total. The fraction of sp³-hybridized carbons (Fsp3) is 0.571. The summed E-state index contributed by atoms with van der Waals surface area (Å²) >= 11 is 0. The van der Waals surface area contributed by atoms with Crippen molar-refractivity contribution in [3.63, 3.8) is 0 Å².